The van der Waals surface area contributed by atoms with E-state index < -0.39 is 0 Å². The van der Waals surface area contributed by atoms with E-state index in [0.717, 1.165) is 25.7 Å². The van der Waals surface area contributed by atoms with Gasteiger partial charge >= 0.3 is 0 Å². The van der Waals surface area contributed by atoms with E-state index in [1.807, 2.05) is 13.3 Å². The zero-order valence-corrected chi connectivity index (χ0v) is 6.45. The molecule has 1 saturated carbocycles. The van der Waals surface area contributed by atoms with Gasteiger partial charge < -0.3 is 10.1 Å². The molecule has 0 radical (unpaired) electrons. The molecule has 0 atom stereocenters. The molecular weight excluding hydrogens is 126 g/mol. The van der Waals surface area contributed by atoms with E-state index in [1.165, 1.54) is 0 Å². The fourth-order valence-electron chi connectivity index (χ4n) is 1.46. The molecule has 0 amide bonds. The normalized spacial score (nSPS) is 35.0. The van der Waals surface area contributed by atoms with Crippen LogP contribution in [-0.2, 0) is 0 Å². The van der Waals surface area contributed by atoms with Crippen molar-refractivity contribution in [2.75, 3.05) is 7.05 Å². The van der Waals surface area contributed by atoms with Crippen LogP contribution >= 0.6 is 0 Å². The topological polar surface area (TPSA) is 32.6 Å². The molecule has 0 saturated heterocycles. The Morgan fingerprint density at radius 1 is 1.30 bits per heavy atom. The lowest BCUT2D eigenvalue weighted by Crippen LogP contribution is -2.18. The Balaban J connectivity index is 2.26. The Hall–Kier alpha value is -0.370. The summed E-state index contributed by atoms with van der Waals surface area (Å²) in [5, 5.41) is 9.15. The van der Waals surface area contributed by atoms with E-state index in [2.05, 4.69) is 4.99 Å². The molecule has 2 nitrogen and oxygen atoms in total. The smallest absolute Gasteiger partial charge is 0.0540 e. The van der Waals surface area contributed by atoms with Gasteiger partial charge in [-0.1, -0.05) is 0 Å². The van der Waals surface area contributed by atoms with Crippen molar-refractivity contribution in [2.24, 2.45) is 10.9 Å². The van der Waals surface area contributed by atoms with Gasteiger partial charge in [-0.3, -0.25) is 0 Å². The Morgan fingerprint density at radius 3 is 2.40 bits per heavy atom. The average molecular weight is 141 g/mol. The van der Waals surface area contributed by atoms with Gasteiger partial charge in [-0.05, 0) is 31.6 Å². The Morgan fingerprint density at radius 2 is 1.90 bits per heavy atom. The molecular formula is C8H15NO. The molecule has 0 bridgehead atoms. The van der Waals surface area contributed by atoms with Crippen LogP contribution in [0, 0.1) is 5.92 Å². The Kier molecular flexibility index (Phi) is 2.87. The molecule has 0 heterocycles. The first-order valence-electron chi connectivity index (χ1n) is 3.93. The summed E-state index contributed by atoms with van der Waals surface area (Å²) in [6.07, 6.45) is 6.09. The zero-order chi connectivity index (χ0) is 7.40. The summed E-state index contributed by atoms with van der Waals surface area (Å²) < 4.78 is 0. The van der Waals surface area contributed by atoms with Gasteiger partial charge in [-0.2, -0.15) is 0 Å². The maximum atomic E-state index is 9.15. The lowest BCUT2D eigenvalue weighted by Gasteiger charge is -2.21. The molecule has 1 aliphatic carbocycles. The molecule has 58 valence electrons. The Bertz CT molecular complexity index is 114. The molecule has 0 aromatic carbocycles. The summed E-state index contributed by atoms with van der Waals surface area (Å²) in [4.78, 5) is 3.98. The summed E-state index contributed by atoms with van der Waals surface area (Å²) in [6.45, 7) is 0. The minimum atomic E-state index is -0.0403. The van der Waals surface area contributed by atoms with Crippen LogP contribution in [0.4, 0.5) is 0 Å². The maximum absolute atomic E-state index is 9.15. The molecule has 1 aliphatic rings. The van der Waals surface area contributed by atoms with Crippen molar-refractivity contribution in [2.45, 2.75) is 31.8 Å². The molecule has 2 heteroatoms. The zero-order valence-electron chi connectivity index (χ0n) is 6.45. The summed E-state index contributed by atoms with van der Waals surface area (Å²) in [5.41, 5.74) is 0. The number of hydrogen-bond acceptors (Lipinski definition) is 2. The van der Waals surface area contributed by atoms with Gasteiger partial charge in [0.1, 0.15) is 0 Å². The summed E-state index contributed by atoms with van der Waals surface area (Å²) in [6, 6.07) is 0. The van der Waals surface area contributed by atoms with Crippen LogP contribution < -0.4 is 0 Å². The van der Waals surface area contributed by atoms with Crippen molar-refractivity contribution < 1.29 is 5.11 Å². The molecule has 1 fully saturated rings. The van der Waals surface area contributed by atoms with E-state index in [4.69, 9.17) is 5.11 Å². The second-order valence-electron chi connectivity index (χ2n) is 2.98. The molecule has 1 N–H and O–H groups in total. The summed E-state index contributed by atoms with van der Waals surface area (Å²) >= 11 is 0. The van der Waals surface area contributed by atoms with Gasteiger partial charge in [0.2, 0.25) is 0 Å². The summed E-state index contributed by atoms with van der Waals surface area (Å²) in [7, 11) is 1.81. The van der Waals surface area contributed by atoms with Gasteiger partial charge in [0, 0.05) is 13.3 Å². The average Bonchev–Trinajstić information content (AvgIpc) is 1.95. The molecule has 0 aromatic heterocycles. The van der Waals surface area contributed by atoms with Crippen molar-refractivity contribution in [1.29, 1.82) is 0 Å². The molecule has 0 spiro atoms. The lowest BCUT2D eigenvalue weighted by molar-refractivity contribution is 0.121. The van der Waals surface area contributed by atoms with E-state index in [-0.39, 0.29) is 6.10 Å². The second-order valence-corrected chi connectivity index (χ2v) is 2.98. The van der Waals surface area contributed by atoms with Crippen LogP contribution in [0.5, 0.6) is 0 Å². The van der Waals surface area contributed by atoms with Gasteiger partial charge in [-0.15, -0.1) is 0 Å². The van der Waals surface area contributed by atoms with Crippen molar-refractivity contribution in [3.63, 3.8) is 0 Å². The van der Waals surface area contributed by atoms with E-state index in [1.54, 1.807) is 0 Å². The third-order valence-corrected chi connectivity index (χ3v) is 2.10. The fraction of sp³-hybridized carbons (Fsp3) is 0.875. The molecule has 0 unspecified atom stereocenters. The van der Waals surface area contributed by atoms with Gasteiger partial charge in [0.05, 0.1) is 6.10 Å². The highest BCUT2D eigenvalue weighted by molar-refractivity contribution is 5.60. The number of nitrogens with zero attached hydrogens (tertiary/aromatic N) is 1. The lowest BCUT2D eigenvalue weighted by atomic mass is 9.88. The third-order valence-electron chi connectivity index (χ3n) is 2.10. The van der Waals surface area contributed by atoms with Crippen molar-refractivity contribution in [3.8, 4) is 0 Å². The number of aliphatic hydroxyl groups excluding tert-OH is 1. The number of aliphatic imine (C=N–C) groups is 1. The van der Waals surface area contributed by atoms with Gasteiger partial charge in [-0.25, -0.2) is 0 Å². The Labute approximate surface area is 62.0 Å². The molecule has 0 aliphatic heterocycles. The SMILES string of the molecule is CN=CC1CCC(O)CC1. The van der Waals surface area contributed by atoms with Gasteiger partial charge in [0.25, 0.3) is 0 Å². The van der Waals surface area contributed by atoms with Crippen LogP contribution in [0.2, 0.25) is 0 Å². The van der Waals surface area contributed by atoms with Crippen LogP contribution in [0.3, 0.4) is 0 Å². The third kappa shape index (κ3) is 2.10. The minimum absolute atomic E-state index is 0.0403. The highest BCUT2D eigenvalue weighted by atomic mass is 16.3. The van der Waals surface area contributed by atoms with Crippen LogP contribution in [0.25, 0.3) is 0 Å². The largest absolute Gasteiger partial charge is 0.393 e. The number of rotatable bonds is 1. The first-order valence-corrected chi connectivity index (χ1v) is 3.93. The highest BCUT2D eigenvalue weighted by Crippen LogP contribution is 2.22. The fourth-order valence-corrected chi connectivity index (χ4v) is 1.46. The second kappa shape index (κ2) is 3.71. The summed E-state index contributed by atoms with van der Waals surface area (Å²) in [5.74, 6) is 0.633. The van der Waals surface area contributed by atoms with E-state index in [9.17, 15) is 0 Å². The quantitative estimate of drug-likeness (QED) is 0.547. The van der Waals surface area contributed by atoms with Crippen LogP contribution in [0.1, 0.15) is 25.7 Å². The first-order chi connectivity index (χ1) is 4.83. The van der Waals surface area contributed by atoms with Crippen molar-refractivity contribution >= 4 is 6.21 Å². The molecule has 0 aromatic rings. The number of aliphatic hydroxyl groups is 1. The van der Waals surface area contributed by atoms with Crippen LogP contribution in [0.15, 0.2) is 4.99 Å². The molecule has 10 heavy (non-hydrogen) atoms. The number of hydrogen-bond donors (Lipinski definition) is 1. The maximum Gasteiger partial charge on any atom is 0.0540 e. The minimum Gasteiger partial charge on any atom is -0.393 e. The molecule has 1 rings (SSSR count). The van der Waals surface area contributed by atoms with Crippen LogP contribution in [-0.4, -0.2) is 24.5 Å². The highest BCUT2D eigenvalue weighted by Gasteiger charge is 2.16. The van der Waals surface area contributed by atoms with E-state index >= 15 is 0 Å². The van der Waals surface area contributed by atoms with Crippen molar-refractivity contribution in [3.05, 3.63) is 0 Å². The predicted molar refractivity (Wildman–Crippen MR) is 42.4 cm³/mol. The monoisotopic (exact) mass is 141 g/mol. The standard InChI is InChI=1S/C8H15NO/c1-9-6-7-2-4-8(10)5-3-7/h6-8,10H,2-5H2,1H3. The van der Waals surface area contributed by atoms with Crippen molar-refractivity contribution in [1.82, 2.24) is 0 Å². The van der Waals surface area contributed by atoms with E-state index in [0.29, 0.717) is 5.92 Å². The first kappa shape index (κ1) is 7.73. The van der Waals surface area contributed by atoms with Gasteiger partial charge in [0.15, 0.2) is 0 Å². The predicted octanol–water partition coefficient (Wildman–Crippen LogP) is 1.24.